The van der Waals surface area contributed by atoms with Gasteiger partial charge in [-0.15, -0.1) is 0 Å². The maximum atomic E-state index is 6.17. The zero-order valence-electron chi connectivity index (χ0n) is 10.7. The van der Waals surface area contributed by atoms with Crippen molar-refractivity contribution in [2.45, 2.75) is 39.0 Å². The number of rotatable bonds is 6. The molecule has 1 rings (SSSR count). The summed E-state index contributed by atoms with van der Waals surface area (Å²) in [5.41, 5.74) is 1.18. The molecule has 1 heterocycles. The lowest BCUT2D eigenvalue weighted by atomic mass is 9.85. The number of aromatic nitrogens is 2. The quantitative estimate of drug-likeness (QED) is 0.779. The van der Waals surface area contributed by atoms with Crippen LogP contribution < -0.4 is 5.32 Å². The van der Waals surface area contributed by atoms with Gasteiger partial charge in [-0.3, -0.25) is 4.68 Å². The first-order chi connectivity index (χ1) is 7.49. The third-order valence-corrected chi connectivity index (χ3v) is 3.17. The summed E-state index contributed by atoms with van der Waals surface area (Å²) >= 11 is 6.17. The Bertz CT molecular complexity index is 312. The molecule has 0 aliphatic heterocycles. The van der Waals surface area contributed by atoms with Crippen LogP contribution in [0.25, 0.3) is 0 Å². The molecule has 0 fully saturated rings. The highest BCUT2D eigenvalue weighted by Gasteiger charge is 2.26. The molecule has 0 aliphatic carbocycles. The molecule has 1 aromatic rings. The predicted molar refractivity (Wildman–Crippen MR) is 69.0 cm³/mol. The van der Waals surface area contributed by atoms with E-state index in [0.29, 0.717) is 0 Å². The minimum atomic E-state index is 0.0586. The van der Waals surface area contributed by atoms with Crippen LogP contribution in [0, 0.1) is 0 Å². The fraction of sp³-hybridized carbons (Fsp3) is 0.750. The van der Waals surface area contributed by atoms with E-state index < -0.39 is 0 Å². The minimum absolute atomic E-state index is 0.0586. The Morgan fingerprint density at radius 1 is 1.44 bits per heavy atom. The van der Waals surface area contributed by atoms with E-state index in [-0.39, 0.29) is 5.41 Å². The highest BCUT2D eigenvalue weighted by atomic mass is 35.5. The number of hydrogen-bond donors (Lipinski definition) is 1. The van der Waals surface area contributed by atoms with Crippen LogP contribution in [0.4, 0.5) is 0 Å². The van der Waals surface area contributed by atoms with E-state index in [1.165, 1.54) is 6.42 Å². The molecule has 3 nitrogen and oxygen atoms in total. The van der Waals surface area contributed by atoms with Crippen molar-refractivity contribution in [1.29, 1.82) is 0 Å². The first-order valence-electron chi connectivity index (χ1n) is 5.87. The normalized spacial score (nSPS) is 12.1. The molecule has 0 saturated heterocycles. The largest absolute Gasteiger partial charge is 0.317 e. The molecule has 0 aliphatic rings. The zero-order valence-corrected chi connectivity index (χ0v) is 11.4. The van der Waals surface area contributed by atoms with Crippen molar-refractivity contribution >= 4 is 11.6 Å². The molecular formula is C12H22ClN3. The van der Waals surface area contributed by atoms with E-state index in [1.54, 1.807) is 6.20 Å². The molecule has 0 spiro atoms. The molecule has 0 radical (unpaired) electrons. The number of nitrogens with zero attached hydrogens (tertiary/aromatic N) is 2. The maximum absolute atomic E-state index is 6.17. The lowest BCUT2D eigenvalue weighted by Crippen LogP contribution is -2.28. The van der Waals surface area contributed by atoms with Gasteiger partial charge in [0.25, 0.3) is 0 Å². The van der Waals surface area contributed by atoms with E-state index >= 15 is 0 Å². The summed E-state index contributed by atoms with van der Waals surface area (Å²) in [5, 5.41) is 8.38. The third kappa shape index (κ3) is 3.22. The van der Waals surface area contributed by atoms with Crippen LogP contribution in [0.15, 0.2) is 6.20 Å². The average Bonchev–Trinajstić information content (AvgIpc) is 2.54. The van der Waals surface area contributed by atoms with Gasteiger partial charge in [0, 0.05) is 12.5 Å². The second kappa shape index (κ2) is 5.69. The van der Waals surface area contributed by atoms with Crippen LogP contribution in [-0.2, 0) is 12.5 Å². The fourth-order valence-corrected chi connectivity index (χ4v) is 2.41. The molecule has 92 valence electrons. The molecule has 1 N–H and O–H groups in total. The lowest BCUT2D eigenvalue weighted by molar-refractivity contribution is 0.426. The molecule has 0 aromatic carbocycles. The second-order valence-electron chi connectivity index (χ2n) is 4.85. The Morgan fingerprint density at radius 3 is 2.62 bits per heavy atom. The Balaban J connectivity index is 2.63. The van der Waals surface area contributed by atoms with Gasteiger partial charge < -0.3 is 5.32 Å². The first kappa shape index (κ1) is 13.5. The van der Waals surface area contributed by atoms with E-state index in [4.69, 9.17) is 11.6 Å². The molecule has 0 unspecified atom stereocenters. The van der Waals surface area contributed by atoms with E-state index in [0.717, 1.165) is 30.2 Å². The van der Waals surface area contributed by atoms with Crippen LogP contribution in [0.5, 0.6) is 0 Å². The highest BCUT2D eigenvalue weighted by molar-refractivity contribution is 6.31. The number of nitrogens with one attached hydrogen (secondary N) is 1. The van der Waals surface area contributed by atoms with E-state index in [2.05, 4.69) is 31.2 Å². The summed E-state index contributed by atoms with van der Waals surface area (Å²) in [4.78, 5) is 0. The van der Waals surface area contributed by atoms with Crippen molar-refractivity contribution in [3.63, 3.8) is 0 Å². The van der Waals surface area contributed by atoms with Crippen molar-refractivity contribution in [1.82, 2.24) is 15.1 Å². The average molecular weight is 244 g/mol. The molecule has 0 atom stereocenters. The molecule has 0 bridgehead atoms. The molecule has 0 amide bonds. The Morgan fingerprint density at radius 2 is 2.12 bits per heavy atom. The topological polar surface area (TPSA) is 29.9 Å². The van der Waals surface area contributed by atoms with Crippen molar-refractivity contribution in [2.24, 2.45) is 7.05 Å². The summed E-state index contributed by atoms with van der Waals surface area (Å²) in [6.07, 6.45) is 3.96. The molecule has 0 saturated carbocycles. The zero-order chi connectivity index (χ0) is 12.2. The van der Waals surface area contributed by atoms with Gasteiger partial charge in [-0.1, -0.05) is 32.4 Å². The van der Waals surface area contributed by atoms with Crippen molar-refractivity contribution in [3.8, 4) is 0 Å². The van der Waals surface area contributed by atoms with Crippen molar-refractivity contribution < 1.29 is 0 Å². The SMILES string of the molecule is CCCNCCC(C)(C)c1c(Cl)cnn1C. The van der Waals surface area contributed by atoms with E-state index in [9.17, 15) is 0 Å². The number of aryl methyl sites for hydroxylation is 1. The summed E-state index contributed by atoms with van der Waals surface area (Å²) < 4.78 is 1.88. The molecule has 1 aromatic heterocycles. The number of halogens is 1. The van der Waals surface area contributed by atoms with Gasteiger partial charge in [0.1, 0.15) is 0 Å². The number of hydrogen-bond acceptors (Lipinski definition) is 2. The van der Waals surface area contributed by atoms with Gasteiger partial charge in [0.15, 0.2) is 0 Å². The van der Waals surface area contributed by atoms with Gasteiger partial charge >= 0.3 is 0 Å². The Hall–Kier alpha value is -0.540. The van der Waals surface area contributed by atoms with E-state index in [1.807, 2.05) is 11.7 Å². The summed E-state index contributed by atoms with van der Waals surface area (Å²) in [7, 11) is 1.95. The van der Waals surface area contributed by atoms with Crippen LogP contribution in [0.3, 0.4) is 0 Å². The van der Waals surface area contributed by atoms with Gasteiger partial charge in [-0.05, 0) is 25.9 Å². The second-order valence-corrected chi connectivity index (χ2v) is 5.26. The maximum Gasteiger partial charge on any atom is 0.0823 e. The summed E-state index contributed by atoms with van der Waals surface area (Å²) in [6, 6.07) is 0. The summed E-state index contributed by atoms with van der Waals surface area (Å²) in [5.74, 6) is 0. The monoisotopic (exact) mass is 243 g/mol. The highest BCUT2D eigenvalue weighted by Crippen LogP contribution is 2.31. The molecular weight excluding hydrogens is 222 g/mol. The van der Waals surface area contributed by atoms with Gasteiger partial charge in [-0.25, -0.2) is 0 Å². The predicted octanol–water partition coefficient (Wildman–Crippen LogP) is 2.74. The minimum Gasteiger partial charge on any atom is -0.317 e. The van der Waals surface area contributed by atoms with Crippen LogP contribution >= 0.6 is 11.6 Å². The Kier molecular flexibility index (Phi) is 4.81. The van der Waals surface area contributed by atoms with Crippen LogP contribution in [0.1, 0.15) is 39.3 Å². The fourth-order valence-electron chi connectivity index (χ4n) is 1.99. The lowest BCUT2D eigenvalue weighted by Gasteiger charge is -2.25. The van der Waals surface area contributed by atoms with Crippen molar-refractivity contribution in [2.75, 3.05) is 13.1 Å². The standard InChI is InChI=1S/C12H22ClN3/c1-5-7-14-8-6-12(2,3)11-10(13)9-15-16(11)4/h9,14H,5-8H2,1-4H3. The molecule has 4 heteroatoms. The van der Waals surface area contributed by atoms with Gasteiger partial charge in [0.05, 0.1) is 16.9 Å². The smallest absolute Gasteiger partial charge is 0.0823 e. The van der Waals surface area contributed by atoms with Crippen LogP contribution in [0.2, 0.25) is 5.02 Å². The Labute approximate surface area is 103 Å². The van der Waals surface area contributed by atoms with Crippen molar-refractivity contribution in [3.05, 3.63) is 16.9 Å². The van der Waals surface area contributed by atoms with Gasteiger partial charge in [0.2, 0.25) is 0 Å². The first-order valence-corrected chi connectivity index (χ1v) is 6.25. The molecule has 16 heavy (non-hydrogen) atoms. The van der Waals surface area contributed by atoms with Gasteiger partial charge in [-0.2, -0.15) is 5.10 Å². The third-order valence-electron chi connectivity index (χ3n) is 2.89. The summed E-state index contributed by atoms with van der Waals surface area (Å²) in [6.45, 7) is 8.70. The van der Waals surface area contributed by atoms with Crippen LogP contribution in [-0.4, -0.2) is 22.9 Å².